The number of hydrogen-bond donors (Lipinski definition) is 1. The number of aromatic hydroxyl groups is 1. The molecule has 0 saturated heterocycles. The maximum Gasteiger partial charge on any atom is 0.286 e. The van der Waals surface area contributed by atoms with Gasteiger partial charge in [0.1, 0.15) is 5.75 Å². The first-order chi connectivity index (χ1) is 14.7. The van der Waals surface area contributed by atoms with E-state index in [9.17, 15) is 9.90 Å². The highest BCUT2D eigenvalue weighted by Crippen LogP contribution is 2.41. The van der Waals surface area contributed by atoms with Gasteiger partial charge in [0, 0.05) is 16.9 Å². The van der Waals surface area contributed by atoms with Crippen molar-refractivity contribution in [3.8, 4) is 5.75 Å². The van der Waals surface area contributed by atoms with Gasteiger partial charge in [0.15, 0.2) is 5.17 Å². The molecule has 1 aromatic heterocycles. The maximum atomic E-state index is 12.5. The number of hydrazone groups is 1. The number of nitrogens with zero attached hydrogens (tertiary/aromatic N) is 3. The number of thiophene rings is 1. The van der Waals surface area contributed by atoms with E-state index < -0.39 is 0 Å². The van der Waals surface area contributed by atoms with Gasteiger partial charge in [-0.3, -0.25) is 4.79 Å². The molecule has 30 heavy (non-hydrogen) atoms. The molecule has 7 heteroatoms. The minimum atomic E-state index is -0.261. The van der Waals surface area contributed by atoms with Gasteiger partial charge < -0.3 is 5.11 Å². The predicted octanol–water partition coefficient (Wildman–Crippen LogP) is 5.28. The van der Waals surface area contributed by atoms with Crippen molar-refractivity contribution in [2.45, 2.75) is 12.5 Å². The van der Waals surface area contributed by atoms with Crippen LogP contribution in [-0.2, 0) is 4.79 Å². The smallest absolute Gasteiger partial charge is 0.286 e. The minimum absolute atomic E-state index is 0.210. The molecule has 3 heterocycles. The van der Waals surface area contributed by atoms with Crippen molar-refractivity contribution in [3.63, 3.8) is 0 Å². The predicted molar refractivity (Wildman–Crippen MR) is 123 cm³/mol. The molecule has 2 aliphatic rings. The summed E-state index contributed by atoms with van der Waals surface area (Å²) in [7, 11) is 0. The van der Waals surface area contributed by atoms with Crippen LogP contribution in [0.1, 0.15) is 28.5 Å². The summed E-state index contributed by atoms with van der Waals surface area (Å²) < 4.78 is 0. The topological polar surface area (TPSA) is 65.3 Å². The zero-order valence-corrected chi connectivity index (χ0v) is 17.4. The van der Waals surface area contributed by atoms with E-state index in [1.54, 1.807) is 28.5 Å². The fraction of sp³-hybridized carbons (Fsp3) is 0.0870. The number of aliphatic imine (C=N–C) groups is 1. The Labute approximate surface area is 182 Å². The van der Waals surface area contributed by atoms with Gasteiger partial charge in [-0.05, 0) is 40.9 Å². The van der Waals surface area contributed by atoms with Crippen LogP contribution in [0.5, 0.6) is 5.75 Å². The first-order valence-corrected chi connectivity index (χ1v) is 11.1. The van der Waals surface area contributed by atoms with Crippen LogP contribution in [0.15, 0.2) is 87.1 Å². The molecule has 0 fully saturated rings. The summed E-state index contributed by atoms with van der Waals surface area (Å²) in [5.41, 5.74) is 2.68. The maximum absolute atomic E-state index is 12.5. The van der Waals surface area contributed by atoms with Crippen molar-refractivity contribution in [1.29, 1.82) is 0 Å². The van der Waals surface area contributed by atoms with E-state index >= 15 is 0 Å². The fourth-order valence-corrected chi connectivity index (χ4v) is 5.14. The first kappa shape index (κ1) is 18.8. The highest BCUT2D eigenvalue weighted by molar-refractivity contribution is 8.18. The number of para-hydroxylation sites is 1. The molecular weight excluding hydrogens is 414 g/mol. The number of hydrogen-bond acceptors (Lipinski definition) is 6. The zero-order valence-electron chi connectivity index (χ0n) is 15.8. The lowest BCUT2D eigenvalue weighted by molar-refractivity contribution is -0.113. The highest BCUT2D eigenvalue weighted by atomic mass is 32.2. The zero-order chi connectivity index (χ0) is 20.5. The molecule has 0 aliphatic carbocycles. The summed E-state index contributed by atoms with van der Waals surface area (Å²) in [6.45, 7) is 0. The first-order valence-electron chi connectivity index (χ1n) is 9.45. The van der Waals surface area contributed by atoms with Gasteiger partial charge in [-0.15, -0.1) is 11.3 Å². The molecule has 3 aromatic rings. The van der Waals surface area contributed by atoms with Gasteiger partial charge in [0.05, 0.1) is 16.7 Å². The lowest BCUT2D eigenvalue weighted by Gasteiger charge is -2.23. The average molecular weight is 432 g/mol. The number of thioether (sulfide) groups is 1. The number of phenolic OH excluding ortho intramolecular Hbond substituents is 1. The van der Waals surface area contributed by atoms with Crippen LogP contribution in [0.25, 0.3) is 6.08 Å². The monoisotopic (exact) mass is 431 g/mol. The molecule has 1 unspecified atom stereocenters. The number of amidine groups is 1. The molecule has 148 valence electrons. The van der Waals surface area contributed by atoms with Gasteiger partial charge in [-0.1, -0.05) is 54.6 Å². The van der Waals surface area contributed by atoms with Crippen LogP contribution in [-0.4, -0.2) is 26.9 Å². The van der Waals surface area contributed by atoms with E-state index in [-0.39, 0.29) is 17.7 Å². The second-order valence-electron chi connectivity index (χ2n) is 6.86. The summed E-state index contributed by atoms with van der Waals surface area (Å²) in [6, 6.07) is 20.9. The average Bonchev–Trinajstić information content (AvgIpc) is 3.50. The fourth-order valence-electron chi connectivity index (χ4n) is 3.50. The van der Waals surface area contributed by atoms with Gasteiger partial charge in [-0.25, -0.2) is 5.01 Å². The third-order valence-corrected chi connectivity index (χ3v) is 6.73. The Morgan fingerprint density at radius 2 is 1.83 bits per heavy atom. The molecule has 0 saturated carbocycles. The Morgan fingerprint density at radius 3 is 2.60 bits per heavy atom. The van der Waals surface area contributed by atoms with Gasteiger partial charge >= 0.3 is 0 Å². The van der Waals surface area contributed by atoms with Gasteiger partial charge in [0.2, 0.25) is 0 Å². The molecule has 2 aliphatic heterocycles. The molecule has 5 nitrogen and oxygen atoms in total. The van der Waals surface area contributed by atoms with Crippen LogP contribution < -0.4 is 0 Å². The molecule has 2 aromatic carbocycles. The molecule has 1 amide bonds. The van der Waals surface area contributed by atoms with E-state index in [2.05, 4.69) is 4.99 Å². The Morgan fingerprint density at radius 1 is 1.03 bits per heavy atom. The van der Waals surface area contributed by atoms with Crippen molar-refractivity contribution >= 4 is 46.0 Å². The SMILES string of the molecule is O=C1N=C(N2N=C(c3ccccc3)CC2c2ccccc2O)S/C1=C\c1cccs1. The van der Waals surface area contributed by atoms with Crippen molar-refractivity contribution < 1.29 is 9.90 Å². The summed E-state index contributed by atoms with van der Waals surface area (Å²) in [6.07, 6.45) is 2.47. The Hall–Kier alpha value is -3.16. The highest BCUT2D eigenvalue weighted by Gasteiger charge is 2.37. The number of rotatable bonds is 3. The van der Waals surface area contributed by atoms with E-state index in [1.807, 2.05) is 66.1 Å². The van der Waals surface area contributed by atoms with Gasteiger partial charge in [-0.2, -0.15) is 10.1 Å². The van der Waals surface area contributed by atoms with E-state index in [0.717, 1.165) is 21.7 Å². The third-order valence-electron chi connectivity index (χ3n) is 4.93. The van der Waals surface area contributed by atoms with Crippen LogP contribution in [0.2, 0.25) is 0 Å². The largest absolute Gasteiger partial charge is 0.508 e. The normalized spacial score (nSPS) is 20.0. The number of carbonyl (C=O) groups excluding carboxylic acids is 1. The molecule has 1 atom stereocenters. The second kappa shape index (κ2) is 7.93. The Balaban J connectivity index is 1.51. The van der Waals surface area contributed by atoms with Crippen molar-refractivity contribution in [3.05, 3.63) is 93.0 Å². The summed E-state index contributed by atoms with van der Waals surface area (Å²) in [5.74, 6) is -0.0518. The summed E-state index contributed by atoms with van der Waals surface area (Å²) in [5, 5.41) is 19.6. The van der Waals surface area contributed by atoms with E-state index in [1.165, 1.54) is 11.8 Å². The lowest BCUT2D eigenvalue weighted by Crippen LogP contribution is -2.23. The van der Waals surface area contributed by atoms with Crippen molar-refractivity contribution in [1.82, 2.24) is 5.01 Å². The number of phenols is 1. The summed E-state index contributed by atoms with van der Waals surface area (Å²) in [4.78, 5) is 18.4. The Bertz CT molecular complexity index is 1180. The number of benzene rings is 2. The summed E-state index contributed by atoms with van der Waals surface area (Å²) >= 11 is 2.90. The molecule has 0 radical (unpaired) electrons. The molecule has 1 N–H and O–H groups in total. The van der Waals surface area contributed by atoms with E-state index in [0.29, 0.717) is 16.5 Å². The quantitative estimate of drug-likeness (QED) is 0.574. The van der Waals surface area contributed by atoms with Crippen molar-refractivity contribution in [2.75, 3.05) is 0 Å². The van der Waals surface area contributed by atoms with Crippen LogP contribution >= 0.6 is 23.1 Å². The Kier molecular flexibility index (Phi) is 4.98. The van der Waals surface area contributed by atoms with E-state index in [4.69, 9.17) is 5.10 Å². The lowest BCUT2D eigenvalue weighted by atomic mass is 9.98. The van der Waals surface area contributed by atoms with Gasteiger partial charge in [0.25, 0.3) is 5.91 Å². The minimum Gasteiger partial charge on any atom is -0.508 e. The van der Waals surface area contributed by atoms with Crippen LogP contribution in [0.3, 0.4) is 0 Å². The van der Waals surface area contributed by atoms with Crippen LogP contribution in [0, 0.1) is 0 Å². The molecular formula is C23H17N3O2S2. The molecule has 5 rings (SSSR count). The van der Waals surface area contributed by atoms with Crippen LogP contribution in [0.4, 0.5) is 0 Å². The number of amides is 1. The number of carbonyl (C=O) groups is 1. The third kappa shape index (κ3) is 3.58. The molecule has 0 bridgehead atoms. The second-order valence-corrected chi connectivity index (χ2v) is 8.85. The van der Waals surface area contributed by atoms with Crippen molar-refractivity contribution in [2.24, 2.45) is 10.1 Å². The molecule has 0 spiro atoms. The standard InChI is InChI=1S/C23H17N3O2S2/c27-20-11-5-4-10-17(20)19-14-18(15-7-2-1-3-8-15)25-26(19)23-24-22(28)21(30-23)13-16-9-6-12-29-16/h1-13,19,27H,14H2/b21-13-.